The molecule has 3 aromatic rings. The Balaban J connectivity index is 1.67. The molecule has 0 amide bonds. The highest BCUT2D eigenvalue weighted by Gasteiger charge is 2.07. The first kappa shape index (κ1) is 11.4. The summed E-state index contributed by atoms with van der Waals surface area (Å²) in [5.74, 6) is 1.59. The van der Waals surface area contributed by atoms with Gasteiger partial charge in [-0.2, -0.15) is 4.37 Å². The summed E-state index contributed by atoms with van der Waals surface area (Å²) in [6.07, 6.45) is 1.65. The van der Waals surface area contributed by atoms with Crippen LogP contribution in [0.25, 0.3) is 10.8 Å². The van der Waals surface area contributed by atoms with E-state index in [2.05, 4.69) is 19.7 Å². The summed E-state index contributed by atoms with van der Waals surface area (Å²) in [4.78, 5) is 8.73. The highest BCUT2D eigenvalue weighted by molar-refractivity contribution is 7.13. The van der Waals surface area contributed by atoms with Crippen LogP contribution in [0.5, 0.6) is 0 Å². The van der Waals surface area contributed by atoms with Crippen LogP contribution in [0.1, 0.15) is 11.5 Å². The molecule has 0 saturated carbocycles. The monoisotopic (exact) mass is 278 g/mol. The van der Waals surface area contributed by atoms with E-state index in [4.69, 9.17) is 4.42 Å². The topological polar surface area (TPSA) is 63.8 Å². The quantitative estimate of drug-likeness (QED) is 0.794. The van der Waals surface area contributed by atoms with Gasteiger partial charge in [0.15, 0.2) is 10.8 Å². The SMILES string of the molecule is Cc1nsc(NCc2csc(-c3ccco3)n2)n1. The Hall–Kier alpha value is -1.73. The first-order valence-electron chi connectivity index (χ1n) is 5.34. The molecule has 7 heteroatoms. The van der Waals surface area contributed by atoms with Gasteiger partial charge in [0.25, 0.3) is 0 Å². The minimum Gasteiger partial charge on any atom is -0.462 e. The number of nitrogens with zero attached hydrogens (tertiary/aromatic N) is 3. The van der Waals surface area contributed by atoms with Gasteiger partial charge in [-0.15, -0.1) is 11.3 Å². The molecule has 18 heavy (non-hydrogen) atoms. The Bertz CT molecular complexity index is 629. The molecule has 5 nitrogen and oxygen atoms in total. The molecule has 92 valence electrons. The van der Waals surface area contributed by atoms with Gasteiger partial charge in [-0.05, 0) is 19.1 Å². The van der Waals surface area contributed by atoms with Gasteiger partial charge in [0.05, 0.1) is 18.5 Å². The molecule has 0 spiro atoms. The van der Waals surface area contributed by atoms with Crippen molar-refractivity contribution in [2.75, 3.05) is 5.32 Å². The second kappa shape index (κ2) is 4.87. The lowest BCUT2D eigenvalue weighted by molar-refractivity contribution is 0.581. The third kappa shape index (κ3) is 2.41. The normalized spacial score (nSPS) is 10.7. The molecule has 0 unspecified atom stereocenters. The van der Waals surface area contributed by atoms with Crippen molar-refractivity contribution in [2.45, 2.75) is 13.5 Å². The van der Waals surface area contributed by atoms with Gasteiger partial charge in [0.2, 0.25) is 5.13 Å². The van der Waals surface area contributed by atoms with Crippen molar-refractivity contribution >= 4 is 28.0 Å². The van der Waals surface area contributed by atoms with Gasteiger partial charge in [-0.1, -0.05) is 0 Å². The van der Waals surface area contributed by atoms with Crippen molar-refractivity contribution in [3.05, 3.63) is 35.3 Å². The zero-order valence-corrected chi connectivity index (χ0v) is 11.2. The molecule has 0 aliphatic rings. The van der Waals surface area contributed by atoms with Crippen LogP contribution in [-0.2, 0) is 6.54 Å². The van der Waals surface area contributed by atoms with E-state index >= 15 is 0 Å². The number of hydrogen-bond acceptors (Lipinski definition) is 7. The summed E-state index contributed by atoms with van der Waals surface area (Å²) in [6.45, 7) is 2.52. The summed E-state index contributed by atoms with van der Waals surface area (Å²) in [6, 6.07) is 3.77. The molecule has 3 rings (SSSR count). The average molecular weight is 278 g/mol. The maximum absolute atomic E-state index is 5.31. The van der Waals surface area contributed by atoms with Gasteiger partial charge in [-0.3, -0.25) is 0 Å². The van der Waals surface area contributed by atoms with E-state index in [0.29, 0.717) is 6.54 Å². The van der Waals surface area contributed by atoms with Gasteiger partial charge in [0.1, 0.15) is 5.82 Å². The molecule has 3 heterocycles. The second-order valence-corrected chi connectivity index (χ2v) is 5.23. The molecule has 0 atom stereocenters. The summed E-state index contributed by atoms with van der Waals surface area (Å²) < 4.78 is 9.42. The summed E-state index contributed by atoms with van der Waals surface area (Å²) in [7, 11) is 0. The van der Waals surface area contributed by atoms with Gasteiger partial charge in [0, 0.05) is 16.9 Å². The largest absolute Gasteiger partial charge is 0.462 e. The molecule has 0 aliphatic carbocycles. The smallest absolute Gasteiger partial charge is 0.202 e. The molecule has 0 radical (unpaired) electrons. The Morgan fingerprint density at radius 1 is 1.39 bits per heavy atom. The number of anilines is 1. The first-order chi connectivity index (χ1) is 8.81. The minimum atomic E-state index is 0.645. The highest BCUT2D eigenvalue weighted by atomic mass is 32.1. The molecule has 0 saturated heterocycles. The molecular formula is C11H10N4OS2. The molecule has 0 aliphatic heterocycles. The van der Waals surface area contributed by atoms with Gasteiger partial charge >= 0.3 is 0 Å². The van der Waals surface area contributed by atoms with Crippen molar-refractivity contribution in [1.29, 1.82) is 0 Å². The van der Waals surface area contributed by atoms with Crippen LogP contribution < -0.4 is 5.32 Å². The Kier molecular flexibility index (Phi) is 3.07. The maximum atomic E-state index is 5.31. The van der Waals surface area contributed by atoms with Crippen LogP contribution in [-0.4, -0.2) is 14.3 Å². The molecule has 0 fully saturated rings. The van der Waals surface area contributed by atoms with Crippen LogP contribution in [0, 0.1) is 6.92 Å². The third-order valence-corrected chi connectivity index (χ3v) is 3.90. The number of nitrogens with one attached hydrogen (secondary N) is 1. The van der Waals surface area contributed by atoms with E-state index in [1.807, 2.05) is 24.4 Å². The van der Waals surface area contributed by atoms with Gasteiger partial charge in [-0.25, -0.2) is 9.97 Å². The number of furan rings is 1. The summed E-state index contributed by atoms with van der Waals surface area (Å²) in [5, 5.41) is 6.92. The number of rotatable bonds is 4. The van der Waals surface area contributed by atoms with Crippen molar-refractivity contribution in [3.63, 3.8) is 0 Å². The maximum Gasteiger partial charge on any atom is 0.202 e. The lowest BCUT2D eigenvalue weighted by atomic mass is 10.4. The van der Waals surface area contributed by atoms with Crippen molar-refractivity contribution in [3.8, 4) is 10.8 Å². The second-order valence-electron chi connectivity index (χ2n) is 3.62. The van der Waals surface area contributed by atoms with Crippen molar-refractivity contribution in [2.24, 2.45) is 0 Å². The Morgan fingerprint density at radius 2 is 2.33 bits per heavy atom. The van der Waals surface area contributed by atoms with Gasteiger partial charge < -0.3 is 9.73 Å². The Morgan fingerprint density at radius 3 is 3.06 bits per heavy atom. The van der Waals surface area contributed by atoms with Crippen molar-refractivity contribution < 1.29 is 4.42 Å². The lowest BCUT2D eigenvalue weighted by Crippen LogP contribution is -1.99. The number of thiazole rings is 1. The fourth-order valence-corrected chi connectivity index (χ4v) is 2.79. The third-order valence-electron chi connectivity index (χ3n) is 2.23. The highest BCUT2D eigenvalue weighted by Crippen LogP contribution is 2.24. The van der Waals surface area contributed by atoms with E-state index in [1.54, 1.807) is 17.6 Å². The van der Waals surface area contributed by atoms with E-state index in [9.17, 15) is 0 Å². The van der Waals surface area contributed by atoms with Crippen LogP contribution in [0.3, 0.4) is 0 Å². The van der Waals surface area contributed by atoms with E-state index in [0.717, 1.165) is 27.4 Å². The lowest BCUT2D eigenvalue weighted by Gasteiger charge is -1.97. The van der Waals surface area contributed by atoms with E-state index in [1.165, 1.54) is 11.5 Å². The zero-order valence-electron chi connectivity index (χ0n) is 9.58. The fourth-order valence-electron chi connectivity index (χ4n) is 1.44. The van der Waals surface area contributed by atoms with Crippen LogP contribution in [0.2, 0.25) is 0 Å². The molecule has 0 aromatic carbocycles. The van der Waals surface area contributed by atoms with Crippen LogP contribution >= 0.6 is 22.9 Å². The minimum absolute atomic E-state index is 0.645. The van der Waals surface area contributed by atoms with E-state index < -0.39 is 0 Å². The first-order valence-corrected chi connectivity index (χ1v) is 6.99. The average Bonchev–Trinajstić information content (AvgIpc) is 3.07. The summed E-state index contributed by atoms with van der Waals surface area (Å²) in [5.41, 5.74) is 0.972. The zero-order chi connectivity index (χ0) is 12.4. The molecular weight excluding hydrogens is 268 g/mol. The summed E-state index contributed by atoms with van der Waals surface area (Å²) >= 11 is 2.93. The number of aromatic nitrogens is 3. The number of aryl methyl sites for hydroxylation is 1. The van der Waals surface area contributed by atoms with E-state index in [-0.39, 0.29) is 0 Å². The predicted octanol–water partition coefficient (Wildman–Crippen LogP) is 3.18. The van der Waals surface area contributed by atoms with Crippen LogP contribution in [0.15, 0.2) is 28.2 Å². The van der Waals surface area contributed by atoms with Crippen LogP contribution in [0.4, 0.5) is 5.13 Å². The standard InChI is InChI=1S/C11H10N4OS2/c1-7-13-11(18-15-7)12-5-8-6-17-10(14-8)9-3-2-4-16-9/h2-4,6H,5H2,1H3,(H,12,13,15). The fraction of sp³-hybridized carbons (Fsp3) is 0.182. The molecule has 1 N–H and O–H groups in total. The van der Waals surface area contributed by atoms with Crippen molar-refractivity contribution in [1.82, 2.24) is 14.3 Å². The number of hydrogen-bond donors (Lipinski definition) is 1. The Labute approximate surface area is 112 Å². The molecule has 0 bridgehead atoms. The predicted molar refractivity (Wildman–Crippen MR) is 71.8 cm³/mol. The molecule has 3 aromatic heterocycles.